The number of thiocarbonyl (C=S) groups is 1. The maximum absolute atomic E-state index is 12.6. The predicted octanol–water partition coefficient (Wildman–Crippen LogP) is 1.34. The second-order valence-corrected chi connectivity index (χ2v) is 6.47. The molecule has 9 nitrogen and oxygen atoms in total. The molecule has 1 saturated heterocycles. The number of ether oxygens (including phenoxy) is 1. The van der Waals surface area contributed by atoms with Gasteiger partial charge < -0.3 is 15.0 Å². The largest absolute Gasteiger partial charge is 0.383 e. The molecule has 1 aliphatic heterocycles. The third-order valence-electron chi connectivity index (χ3n) is 3.97. The van der Waals surface area contributed by atoms with Crippen LogP contribution in [-0.4, -0.2) is 48.8 Å². The van der Waals surface area contributed by atoms with E-state index >= 15 is 0 Å². The number of benzene rings is 1. The Morgan fingerprint density at radius 3 is 2.69 bits per heavy atom. The number of nitro groups is 1. The number of nitrogens with zero attached hydrogens (tertiary/aromatic N) is 2. The number of carbonyl (C=O) groups is 1. The van der Waals surface area contributed by atoms with E-state index in [1.165, 1.54) is 12.1 Å². The molecular formula is C16H23N5O4S. The van der Waals surface area contributed by atoms with Crippen molar-refractivity contribution in [2.24, 2.45) is 0 Å². The number of non-ortho nitro benzene ring substituents is 1. The van der Waals surface area contributed by atoms with Gasteiger partial charge >= 0.3 is 0 Å². The normalized spacial score (nSPS) is 14.6. The van der Waals surface area contributed by atoms with Crippen LogP contribution in [-0.2, 0) is 4.74 Å². The highest BCUT2D eigenvalue weighted by Crippen LogP contribution is 2.28. The predicted molar refractivity (Wildman–Crippen MR) is 102 cm³/mol. The van der Waals surface area contributed by atoms with Crippen LogP contribution in [0.3, 0.4) is 0 Å². The van der Waals surface area contributed by atoms with Crippen molar-refractivity contribution >= 4 is 34.6 Å². The molecule has 1 heterocycles. The standard InChI is InChI=1S/C16H23N5O4S/c1-11(10-25-2)17-16(26)19-18-15(22)13-9-12(21(23)24)5-6-14(13)20-7-3-4-8-20/h5-6,9,11H,3-4,7-8,10H2,1-2H3,(H,18,22)(H2,17,19,26)/t11-/m0/s1. The van der Waals surface area contributed by atoms with Gasteiger partial charge in [-0.15, -0.1) is 0 Å². The van der Waals surface area contributed by atoms with Crippen LogP contribution in [0.5, 0.6) is 0 Å². The SMILES string of the molecule is COC[C@H](C)NC(=S)NNC(=O)c1cc([N+](=O)[O-])ccc1N1CCCC1. The minimum atomic E-state index is -0.517. The number of hydrazine groups is 1. The van der Waals surface area contributed by atoms with Gasteiger partial charge in [-0.3, -0.25) is 25.8 Å². The number of methoxy groups -OCH3 is 1. The molecule has 0 spiro atoms. The first kappa shape index (κ1) is 19.9. The summed E-state index contributed by atoms with van der Waals surface area (Å²) in [4.78, 5) is 25.2. The van der Waals surface area contributed by atoms with Crippen molar-refractivity contribution in [3.8, 4) is 0 Å². The highest BCUT2D eigenvalue weighted by molar-refractivity contribution is 7.80. The molecule has 0 unspecified atom stereocenters. The summed E-state index contributed by atoms with van der Waals surface area (Å²) >= 11 is 5.11. The number of rotatable bonds is 6. The number of amides is 1. The van der Waals surface area contributed by atoms with E-state index in [1.54, 1.807) is 13.2 Å². The van der Waals surface area contributed by atoms with Gasteiger partial charge in [-0.25, -0.2) is 0 Å². The topological polar surface area (TPSA) is 109 Å². The van der Waals surface area contributed by atoms with Gasteiger partial charge in [-0.1, -0.05) is 0 Å². The summed E-state index contributed by atoms with van der Waals surface area (Å²) in [7, 11) is 1.58. The minimum Gasteiger partial charge on any atom is -0.383 e. The lowest BCUT2D eigenvalue weighted by atomic mass is 10.1. The fourth-order valence-corrected chi connectivity index (χ4v) is 3.04. The van der Waals surface area contributed by atoms with Crippen molar-refractivity contribution in [3.05, 3.63) is 33.9 Å². The molecule has 0 bridgehead atoms. The zero-order valence-electron chi connectivity index (χ0n) is 14.8. The molecule has 26 heavy (non-hydrogen) atoms. The molecule has 1 atom stereocenters. The molecular weight excluding hydrogens is 358 g/mol. The summed E-state index contributed by atoms with van der Waals surface area (Å²) < 4.78 is 5.00. The number of nitro benzene ring substituents is 1. The second kappa shape index (κ2) is 9.30. The molecule has 10 heteroatoms. The second-order valence-electron chi connectivity index (χ2n) is 6.06. The summed E-state index contributed by atoms with van der Waals surface area (Å²) in [6, 6.07) is 4.29. The van der Waals surface area contributed by atoms with Crippen molar-refractivity contribution in [3.63, 3.8) is 0 Å². The molecule has 3 N–H and O–H groups in total. The Hall–Kier alpha value is -2.46. The molecule has 0 radical (unpaired) electrons. The maximum Gasteiger partial charge on any atom is 0.272 e. The van der Waals surface area contributed by atoms with E-state index in [1.807, 2.05) is 6.92 Å². The third kappa shape index (κ3) is 5.27. The fourth-order valence-electron chi connectivity index (χ4n) is 2.79. The quantitative estimate of drug-likeness (QED) is 0.385. The molecule has 1 aromatic carbocycles. The molecule has 2 rings (SSSR count). The van der Waals surface area contributed by atoms with Crippen LogP contribution in [0.25, 0.3) is 0 Å². The average molecular weight is 381 g/mol. The lowest BCUT2D eigenvalue weighted by molar-refractivity contribution is -0.384. The van der Waals surface area contributed by atoms with Crippen molar-refractivity contribution in [1.82, 2.24) is 16.2 Å². The average Bonchev–Trinajstić information content (AvgIpc) is 3.13. The zero-order valence-corrected chi connectivity index (χ0v) is 15.6. The van der Waals surface area contributed by atoms with Crippen molar-refractivity contribution in [2.45, 2.75) is 25.8 Å². The van der Waals surface area contributed by atoms with Crippen LogP contribution in [0, 0.1) is 10.1 Å². The van der Waals surface area contributed by atoms with Gasteiger partial charge in [0.25, 0.3) is 11.6 Å². The summed E-state index contributed by atoms with van der Waals surface area (Å²) in [5.74, 6) is -0.487. The van der Waals surface area contributed by atoms with Crippen LogP contribution >= 0.6 is 12.2 Å². The van der Waals surface area contributed by atoms with Crippen molar-refractivity contribution < 1.29 is 14.5 Å². The number of hydrogen-bond acceptors (Lipinski definition) is 6. The number of carbonyl (C=O) groups excluding carboxylic acids is 1. The van der Waals surface area contributed by atoms with Gasteiger partial charge in [0.15, 0.2) is 5.11 Å². The first-order valence-electron chi connectivity index (χ1n) is 8.31. The highest BCUT2D eigenvalue weighted by Gasteiger charge is 2.22. The molecule has 0 saturated carbocycles. The Morgan fingerprint density at radius 2 is 2.08 bits per heavy atom. The smallest absolute Gasteiger partial charge is 0.272 e. The van der Waals surface area contributed by atoms with E-state index in [2.05, 4.69) is 21.1 Å². The van der Waals surface area contributed by atoms with Gasteiger partial charge in [-0.05, 0) is 38.0 Å². The zero-order chi connectivity index (χ0) is 19.1. The highest BCUT2D eigenvalue weighted by atomic mass is 32.1. The van der Waals surface area contributed by atoms with Gasteiger partial charge in [0.2, 0.25) is 0 Å². The van der Waals surface area contributed by atoms with Crippen molar-refractivity contribution in [2.75, 3.05) is 31.7 Å². The Bertz CT molecular complexity index is 679. The molecule has 1 aliphatic rings. The summed E-state index contributed by atoms with van der Waals surface area (Å²) in [5.41, 5.74) is 5.89. The summed E-state index contributed by atoms with van der Waals surface area (Å²) in [6.07, 6.45) is 2.06. The molecule has 1 amide bonds. The van der Waals surface area contributed by atoms with E-state index in [4.69, 9.17) is 17.0 Å². The Labute approximate surface area is 157 Å². The van der Waals surface area contributed by atoms with E-state index in [0.29, 0.717) is 12.3 Å². The van der Waals surface area contributed by atoms with Gasteiger partial charge in [0.05, 0.1) is 22.8 Å². The molecule has 1 aromatic rings. The molecule has 0 aliphatic carbocycles. The van der Waals surface area contributed by atoms with Crippen LogP contribution in [0.15, 0.2) is 18.2 Å². The van der Waals surface area contributed by atoms with Crippen LogP contribution in [0.1, 0.15) is 30.1 Å². The number of hydrogen-bond donors (Lipinski definition) is 3. The van der Waals surface area contributed by atoms with Gasteiger partial charge in [0, 0.05) is 38.4 Å². The number of nitrogens with one attached hydrogen (secondary N) is 3. The van der Waals surface area contributed by atoms with Gasteiger partial charge in [-0.2, -0.15) is 0 Å². The summed E-state index contributed by atoms with van der Waals surface area (Å²) in [6.45, 7) is 3.98. The summed E-state index contributed by atoms with van der Waals surface area (Å²) in [5, 5.41) is 14.2. The lowest BCUT2D eigenvalue weighted by Crippen LogP contribution is -2.50. The van der Waals surface area contributed by atoms with E-state index in [0.717, 1.165) is 25.9 Å². The van der Waals surface area contributed by atoms with Crippen LogP contribution in [0.4, 0.5) is 11.4 Å². The van der Waals surface area contributed by atoms with E-state index in [9.17, 15) is 14.9 Å². The van der Waals surface area contributed by atoms with Gasteiger partial charge in [0.1, 0.15) is 0 Å². The lowest BCUT2D eigenvalue weighted by Gasteiger charge is -2.21. The monoisotopic (exact) mass is 381 g/mol. The Kier molecular flexibility index (Phi) is 7.10. The van der Waals surface area contributed by atoms with Crippen LogP contribution in [0.2, 0.25) is 0 Å². The Balaban J connectivity index is 2.09. The Morgan fingerprint density at radius 1 is 1.38 bits per heavy atom. The maximum atomic E-state index is 12.6. The molecule has 1 fully saturated rings. The van der Waals surface area contributed by atoms with E-state index in [-0.39, 0.29) is 22.4 Å². The first-order valence-corrected chi connectivity index (χ1v) is 8.72. The number of anilines is 1. The van der Waals surface area contributed by atoms with E-state index < -0.39 is 10.8 Å². The first-order chi connectivity index (χ1) is 12.4. The molecule has 0 aromatic heterocycles. The minimum absolute atomic E-state index is 0.0325. The fraction of sp³-hybridized carbons (Fsp3) is 0.500. The van der Waals surface area contributed by atoms with Crippen LogP contribution < -0.4 is 21.1 Å². The molecule has 142 valence electrons. The third-order valence-corrected chi connectivity index (χ3v) is 4.19. The van der Waals surface area contributed by atoms with Crippen molar-refractivity contribution in [1.29, 1.82) is 0 Å².